The number of methoxy groups -OCH3 is 1. The lowest BCUT2D eigenvalue weighted by atomic mass is 10.1. The summed E-state index contributed by atoms with van der Waals surface area (Å²) in [7, 11) is 1.57. The molecule has 1 heterocycles. The predicted molar refractivity (Wildman–Crippen MR) is 61.1 cm³/mol. The Kier molecular flexibility index (Phi) is 2.96. The minimum absolute atomic E-state index is 0.0635. The standard InChI is InChI=1S/C11H10N2O2S/c1-7-11(16-13-12-7)10(14)8-4-3-5-9(6-8)15-2/h3-6H,1-2H3. The van der Waals surface area contributed by atoms with Crippen LogP contribution in [0.15, 0.2) is 24.3 Å². The van der Waals surface area contributed by atoms with Crippen LogP contribution in [0.5, 0.6) is 5.75 Å². The van der Waals surface area contributed by atoms with Crippen molar-refractivity contribution in [1.82, 2.24) is 9.59 Å². The van der Waals surface area contributed by atoms with E-state index < -0.39 is 0 Å². The Labute approximate surface area is 97.0 Å². The van der Waals surface area contributed by atoms with Gasteiger partial charge in [-0.15, -0.1) is 5.10 Å². The first kappa shape index (κ1) is 10.8. The van der Waals surface area contributed by atoms with Crippen LogP contribution in [-0.2, 0) is 0 Å². The molecule has 0 N–H and O–H groups in total. The van der Waals surface area contributed by atoms with E-state index in [9.17, 15) is 4.79 Å². The van der Waals surface area contributed by atoms with E-state index in [0.717, 1.165) is 11.5 Å². The molecule has 0 aliphatic rings. The zero-order chi connectivity index (χ0) is 11.5. The Hall–Kier alpha value is -1.75. The second-order valence-corrected chi connectivity index (χ2v) is 4.00. The van der Waals surface area contributed by atoms with Gasteiger partial charge in [-0.2, -0.15) is 0 Å². The van der Waals surface area contributed by atoms with Gasteiger partial charge in [0.25, 0.3) is 0 Å². The molecule has 16 heavy (non-hydrogen) atoms. The highest BCUT2D eigenvalue weighted by Crippen LogP contribution is 2.19. The number of ketones is 1. The molecule has 0 radical (unpaired) electrons. The largest absolute Gasteiger partial charge is 0.497 e. The van der Waals surface area contributed by atoms with E-state index in [1.165, 1.54) is 0 Å². The van der Waals surface area contributed by atoms with Gasteiger partial charge < -0.3 is 4.74 Å². The number of nitrogens with zero attached hydrogens (tertiary/aromatic N) is 2. The molecule has 4 nitrogen and oxygen atoms in total. The first-order valence-corrected chi connectivity index (χ1v) is 5.47. The number of ether oxygens (including phenoxy) is 1. The van der Waals surface area contributed by atoms with Crippen LogP contribution in [0.2, 0.25) is 0 Å². The summed E-state index contributed by atoms with van der Waals surface area (Å²) in [5.41, 5.74) is 1.26. The second-order valence-electron chi connectivity index (χ2n) is 3.25. The molecule has 0 bridgehead atoms. The molecule has 1 aromatic carbocycles. The third kappa shape index (κ3) is 1.94. The van der Waals surface area contributed by atoms with Gasteiger partial charge in [-0.3, -0.25) is 4.79 Å². The van der Waals surface area contributed by atoms with Crippen molar-refractivity contribution in [2.75, 3.05) is 7.11 Å². The maximum atomic E-state index is 12.1. The highest BCUT2D eigenvalue weighted by atomic mass is 32.1. The molecule has 2 aromatic rings. The molecule has 0 saturated carbocycles. The molecule has 82 valence electrons. The Balaban J connectivity index is 2.38. The summed E-state index contributed by atoms with van der Waals surface area (Å²) in [5, 5.41) is 3.82. The smallest absolute Gasteiger partial charge is 0.206 e. The summed E-state index contributed by atoms with van der Waals surface area (Å²) in [5.74, 6) is 0.604. The average molecular weight is 234 g/mol. The zero-order valence-electron chi connectivity index (χ0n) is 8.93. The topological polar surface area (TPSA) is 52.1 Å². The van der Waals surface area contributed by atoms with Crippen molar-refractivity contribution in [3.8, 4) is 5.75 Å². The fraction of sp³-hybridized carbons (Fsp3) is 0.182. The molecular weight excluding hydrogens is 224 g/mol. The van der Waals surface area contributed by atoms with Gasteiger partial charge in [0.1, 0.15) is 10.6 Å². The van der Waals surface area contributed by atoms with Crippen molar-refractivity contribution in [1.29, 1.82) is 0 Å². The summed E-state index contributed by atoms with van der Waals surface area (Å²) in [6, 6.07) is 7.05. The zero-order valence-corrected chi connectivity index (χ0v) is 9.75. The fourth-order valence-electron chi connectivity index (χ4n) is 1.34. The van der Waals surface area contributed by atoms with E-state index in [0.29, 0.717) is 21.9 Å². The lowest BCUT2D eigenvalue weighted by Gasteiger charge is -2.02. The van der Waals surface area contributed by atoms with Crippen molar-refractivity contribution < 1.29 is 9.53 Å². The number of aromatic nitrogens is 2. The van der Waals surface area contributed by atoms with Crippen LogP contribution in [0, 0.1) is 6.92 Å². The van der Waals surface area contributed by atoms with Gasteiger partial charge in [-0.1, -0.05) is 16.6 Å². The van der Waals surface area contributed by atoms with E-state index in [2.05, 4.69) is 9.59 Å². The SMILES string of the molecule is COc1cccc(C(=O)c2snnc2C)c1. The van der Waals surface area contributed by atoms with Crippen molar-refractivity contribution in [3.05, 3.63) is 40.4 Å². The Morgan fingerprint density at radius 1 is 1.44 bits per heavy atom. The minimum atomic E-state index is -0.0635. The van der Waals surface area contributed by atoms with Crippen LogP contribution in [0.4, 0.5) is 0 Å². The first-order chi connectivity index (χ1) is 7.72. The number of carbonyl (C=O) groups excluding carboxylic acids is 1. The summed E-state index contributed by atoms with van der Waals surface area (Å²) in [6.45, 7) is 1.77. The lowest BCUT2D eigenvalue weighted by Crippen LogP contribution is -2.01. The molecule has 0 fully saturated rings. The molecule has 0 saturated heterocycles. The van der Waals surface area contributed by atoms with E-state index in [-0.39, 0.29) is 5.78 Å². The molecule has 0 unspecified atom stereocenters. The van der Waals surface area contributed by atoms with Gasteiger partial charge >= 0.3 is 0 Å². The number of rotatable bonds is 3. The monoisotopic (exact) mass is 234 g/mol. The van der Waals surface area contributed by atoms with Crippen LogP contribution in [0.3, 0.4) is 0 Å². The summed E-state index contributed by atoms with van der Waals surface area (Å²) < 4.78 is 8.82. The van der Waals surface area contributed by atoms with Gasteiger partial charge in [0.05, 0.1) is 12.8 Å². The van der Waals surface area contributed by atoms with Crippen LogP contribution in [-0.4, -0.2) is 22.5 Å². The lowest BCUT2D eigenvalue weighted by molar-refractivity contribution is 0.104. The minimum Gasteiger partial charge on any atom is -0.497 e. The van der Waals surface area contributed by atoms with E-state index in [1.807, 2.05) is 0 Å². The molecule has 0 spiro atoms. The maximum absolute atomic E-state index is 12.1. The second kappa shape index (κ2) is 4.40. The van der Waals surface area contributed by atoms with E-state index in [4.69, 9.17) is 4.74 Å². The average Bonchev–Trinajstić information content (AvgIpc) is 2.74. The Morgan fingerprint density at radius 3 is 2.88 bits per heavy atom. The van der Waals surface area contributed by atoms with Crippen LogP contribution < -0.4 is 4.74 Å². The molecule has 2 rings (SSSR count). The number of hydrogen-bond acceptors (Lipinski definition) is 5. The van der Waals surface area contributed by atoms with Gasteiger partial charge in [-0.05, 0) is 30.6 Å². The van der Waals surface area contributed by atoms with Crippen LogP contribution in [0.1, 0.15) is 20.9 Å². The Morgan fingerprint density at radius 2 is 2.25 bits per heavy atom. The molecule has 0 aliphatic carbocycles. The number of benzene rings is 1. The summed E-state index contributed by atoms with van der Waals surface area (Å²) in [4.78, 5) is 12.6. The highest BCUT2D eigenvalue weighted by molar-refractivity contribution is 7.08. The first-order valence-electron chi connectivity index (χ1n) is 4.70. The maximum Gasteiger partial charge on any atom is 0.206 e. The number of hydrogen-bond donors (Lipinski definition) is 0. The van der Waals surface area contributed by atoms with Crippen molar-refractivity contribution in [3.63, 3.8) is 0 Å². The molecule has 0 atom stereocenters. The van der Waals surface area contributed by atoms with Crippen molar-refractivity contribution in [2.24, 2.45) is 0 Å². The van der Waals surface area contributed by atoms with Gasteiger partial charge in [0, 0.05) is 5.56 Å². The van der Waals surface area contributed by atoms with E-state index in [1.54, 1.807) is 38.3 Å². The fourth-order valence-corrected chi connectivity index (χ4v) is 1.95. The van der Waals surface area contributed by atoms with Crippen LogP contribution in [0.25, 0.3) is 0 Å². The number of aryl methyl sites for hydroxylation is 1. The third-order valence-corrected chi connectivity index (χ3v) is 3.02. The predicted octanol–water partition coefficient (Wildman–Crippen LogP) is 2.09. The third-order valence-electron chi connectivity index (χ3n) is 2.19. The molecule has 0 aliphatic heterocycles. The molecule has 0 amide bonds. The normalized spacial score (nSPS) is 10.1. The van der Waals surface area contributed by atoms with Crippen LogP contribution >= 0.6 is 11.5 Å². The van der Waals surface area contributed by atoms with Crippen molar-refractivity contribution >= 4 is 17.3 Å². The van der Waals surface area contributed by atoms with Gasteiger partial charge in [-0.25, -0.2) is 0 Å². The quantitative estimate of drug-likeness (QED) is 0.763. The molecular formula is C11H10N2O2S. The molecule has 5 heteroatoms. The molecule has 1 aromatic heterocycles. The summed E-state index contributed by atoms with van der Waals surface area (Å²) in [6.07, 6.45) is 0. The number of carbonyl (C=O) groups is 1. The van der Waals surface area contributed by atoms with Gasteiger partial charge in [0.2, 0.25) is 5.78 Å². The Bertz CT molecular complexity index is 522. The summed E-state index contributed by atoms with van der Waals surface area (Å²) >= 11 is 1.11. The van der Waals surface area contributed by atoms with Crippen molar-refractivity contribution in [2.45, 2.75) is 6.92 Å². The highest BCUT2D eigenvalue weighted by Gasteiger charge is 2.15. The van der Waals surface area contributed by atoms with Gasteiger partial charge in [0.15, 0.2) is 0 Å². The van der Waals surface area contributed by atoms with E-state index >= 15 is 0 Å².